The van der Waals surface area contributed by atoms with Gasteiger partial charge in [0.15, 0.2) is 0 Å². The fourth-order valence-corrected chi connectivity index (χ4v) is 1.30. The van der Waals surface area contributed by atoms with Gasteiger partial charge in [-0.15, -0.1) is 0 Å². The van der Waals surface area contributed by atoms with E-state index in [1.807, 2.05) is 19.1 Å². The zero-order valence-corrected chi connectivity index (χ0v) is 8.31. The Hall–Kier alpha value is -2.01. The maximum Gasteiger partial charge on any atom is 0.143 e. The number of aryl methyl sites for hydroxylation is 1. The molecule has 0 aliphatic carbocycles. The van der Waals surface area contributed by atoms with Crippen molar-refractivity contribution in [3.05, 3.63) is 36.4 Å². The van der Waals surface area contributed by atoms with E-state index in [2.05, 4.69) is 20.4 Å². The van der Waals surface area contributed by atoms with Crippen LogP contribution in [0.1, 0.15) is 5.69 Å². The van der Waals surface area contributed by atoms with Crippen molar-refractivity contribution in [3.63, 3.8) is 0 Å². The van der Waals surface area contributed by atoms with Crippen LogP contribution in [0.5, 0.6) is 0 Å². The van der Waals surface area contributed by atoms with Gasteiger partial charge in [-0.05, 0) is 19.1 Å². The maximum atomic E-state index is 5.27. The topological polar surface area (TPSA) is 76.7 Å². The number of hydrogen-bond donors (Lipinski definition) is 2. The van der Waals surface area contributed by atoms with Crippen molar-refractivity contribution in [1.29, 1.82) is 0 Å². The lowest BCUT2D eigenvalue weighted by Crippen LogP contribution is -2.08. The van der Waals surface area contributed by atoms with Crippen LogP contribution in [0, 0.1) is 6.92 Å². The first kappa shape index (κ1) is 9.54. The van der Waals surface area contributed by atoms with E-state index in [1.54, 1.807) is 12.3 Å². The minimum absolute atomic E-state index is 0.592. The van der Waals surface area contributed by atoms with Gasteiger partial charge in [0.05, 0.1) is 5.69 Å². The van der Waals surface area contributed by atoms with Crippen molar-refractivity contribution in [3.8, 4) is 11.3 Å². The van der Waals surface area contributed by atoms with Crippen LogP contribution in [0.25, 0.3) is 11.3 Å². The quantitative estimate of drug-likeness (QED) is 0.562. The van der Waals surface area contributed by atoms with E-state index in [0.717, 1.165) is 17.0 Å². The third-order valence-electron chi connectivity index (χ3n) is 2.01. The molecule has 0 aliphatic heterocycles. The summed E-state index contributed by atoms with van der Waals surface area (Å²) in [4.78, 5) is 12.2. The zero-order valence-electron chi connectivity index (χ0n) is 8.31. The van der Waals surface area contributed by atoms with Crippen LogP contribution in [-0.2, 0) is 0 Å². The molecule has 5 nitrogen and oxygen atoms in total. The largest absolute Gasteiger partial charge is 0.308 e. The fraction of sp³-hybridized carbons (Fsp3) is 0.100. The number of aromatic nitrogens is 3. The smallest absolute Gasteiger partial charge is 0.143 e. The molecule has 2 heterocycles. The summed E-state index contributed by atoms with van der Waals surface area (Å²) in [7, 11) is 0. The van der Waals surface area contributed by atoms with Gasteiger partial charge >= 0.3 is 0 Å². The minimum atomic E-state index is 0.592. The van der Waals surface area contributed by atoms with Crippen LogP contribution >= 0.6 is 0 Å². The van der Waals surface area contributed by atoms with Crippen LogP contribution < -0.4 is 11.3 Å². The Kier molecular flexibility index (Phi) is 2.55. The van der Waals surface area contributed by atoms with Gasteiger partial charge < -0.3 is 5.43 Å². The lowest BCUT2D eigenvalue weighted by molar-refractivity contribution is 1.13. The lowest BCUT2D eigenvalue weighted by Gasteiger charge is -2.03. The molecule has 5 heteroatoms. The average Bonchev–Trinajstić information content (AvgIpc) is 2.29. The summed E-state index contributed by atoms with van der Waals surface area (Å²) in [5.41, 5.74) is 5.26. The van der Waals surface area contributed by atoms with Gasteiger partial charge in [-0.3, -0.25) is 4.98 Å². The summed E-state index contributed by atoms with van der Waals surface area (Å²) in [6.45, 7) is 1.94. The highest BCUT2D eigenvalue weighted by Gasteiger charge is 2.01. The van der Waals surface area contributed by atoms with Gasteiger partial charge in [-0.25, -0.2) is 15.8 Å². The van der Waals surface area contributed by atoms with Crippen LogP contribution in [0.15, 0.2) is 30.7 Å². The fourth-order valence-electron chi connectivity index (χ4n) is 1.30. The van der Waals surface area contributed by atoms with Crippen molar-refractivity contribution >= 4 is 5.82 Å². The van der Waals surface area contributed by atoms with Crippen molar-refractivity contribution in [2.75, 3.05) is 5.43 Å². The number of nitrogens with zero attached hydrogens (tertiary/aromatic N) is 3. The van der Waals surface area contributed by atoms with Gasteiger partial charge in [0.25, 0.3) is 0 Å². The van der Waals surface area contributed by atoms with Crippen LogP contribution in [0.3, 0.4) is 0 Å². The number of rotatable bonds is 2. The molecule has 0 unspecified atom stereocenters. The minimum Gasteiger partial charge on any atom is -0.308 e. The Balaban J connectivity index is 2.44. The highest BCUT2D eigenvalue weighted by Crippen LogP contribution is 2.18. The molecule has 0 saturated carbocycles. The summed E-state index contributed by atoms with van der Waals surface area (Å²) in [6, 6.07) is 5.65. The summed E-state index contributed by atoms with van der Waals surface area (Å²) in [5.74, 6) is 5.87. The van der Waals surface area contributed by atoms with Crippen LogP contribution in [0.4, 0.5) is 5.82 Å². The van der Waals surface area contributed by atoms with Gasteiger partial charge in [0, 0.05) is 23.5 Å². The van der Waals surface area contributed by atoms with E-state index in [-0.39, 0.29) is 0 Å². The predicted octanol–water partition coefficient (Wildman–Crippen LogP) is 1.13. The zero-order chi connectivity index (χ0) is 10.7. The van der Waals surface area contributed by atoms with Gasteiger partial charge in [-0.1, -0.05) is 0 Å². The Morgan fingerprint density at radius 2 is 2.07 bits per heavy atom. The van der Waals surface area contributed by atoms with Crippen molar-refractivity contribution in [1.82, 2.24) is 15.0 Å². The SMILES string of the molecule is Cc1cc(-c2cc(NN)ncn2)ccn1. The van der Waals surface area contributed by atoms with E-state index in [9.17, 15) is 0 Å². The molecule has 0 spiro atoms. The lowest BCUT2D eigenvalue weighted by atomic mass is 10.1. The molecule has 15 heavy (non-hydrogen) atoms. The van der Waals surface area contributed by atoms with E-state index in [4.69, 9.17) is 5.84 Å². The standard InChI is InChI=1S/C10H11N5/c1-7-4-8(2-3-12-7)9-5-10(15-11)14-6-13-9/h2-6H,11H2,1H3,(H,13,14,15). The Morgan fingerprint density at radius 1 is 1.20 bits per heavy atom. The van der Waals surface area contributed by atoms with Crippen LogP contribution in [-0.4, -0.2) is 15.0 Å². The number of nitrogens with two attached hydrogens (primary N) is 1. The number of nitrogen functional groups attached to an aromatic ring is 1. The number of hydrazine groups is 1. The number of nitrogens with one attached hydrogen (secondary N) is 1. The number of hydrogen-bond acceptors (Lipinski definition) is 5. The molecule has 0 amide bonds. The Morgan fingerprint density at radius 3 is 2.80 bits per heavy atom. The van der Waals surface area contributed by atoms with E-state index in [0.29, 0.717) is 5.82 Å². The second-order valence-corrected chi connectivity index (χ2v) is 3.12. The summed E-state index contributed by atoms with van der Waals surface area (Å²) in [5, 5.41) is 0. The summed E-state index contributed by atoms with van der Waals surface area (Å²) >= 11 is 0. The molecule has 2 rings (SSSR count). The monoisotopic (exact) mass is 201 g/mol. The van der Waals surface area contributed by atoms with E-state index >= 15 is 0 Å². The molecule has 3 N–H and O–H groups in total. The molecule has 0 atom stereocenters. The van der Waals surface area contributed by atoms with Crippen molar-refractivity contribution < 1.29 is 0 Å². The van der Waals surface area contributed by atoms with Gasteiger partial charge in [0.1, 0.15) is 12.1 Å². The first-order chi connectivity index (χ1) is 7.29. The Labute approximate surface area is 87.4 Å². The molecular formula is C10H11N5. The predicted molar refractivity (Wildman–Crippen MR) is 57.8 cm³/mol. The molecule has 0 aromatic carbocycles. The molecule has 0 bridgehead atoms. The molecule has 2 aromatic heterocycles. The summed E-state index contributed by atoms with van der Waals surface area (Å²) in [6.07, 6.45) is 3.22. The number of anilines is 1. The summed E-state index contributed by atoms with van der Waals surface area (Å²) < 4.78 is 0. The second-order valence-electron chi connectivity index (χ2n) is 3.12. The molecule has 0 fully saturated rings. The first-order valence-corrected chi connectivity index (χ1v) is 4.51. The van der Waals surface area contributed by atoms with Crippen LogP contribution in [0.2, 0.25) is 0 Å². The molecule has 76 valence electrons. The molecule has 0 saturated heterocycles. The molecule has 0 aliphatic rings. The third kappa shape index (κ3) is 2.08. The van der Waals surface area contributed by atoms with E-state index in [1.165, 1.54) is 6.33 Å². The van der Waals surface area contributed by atoms with Gasteiger partial charge in [-0.2, -0.15) is 0 Å². The first-order valence-electron chi connectivity index (χ1n) is 4.51. The number of pyridine rings is 1. The highest BCUT2D eigenvalue weighted by molar-refractivity contribution is 5.61. The van der Waals surface area contributed by atoms with Crippen molar-refractivity contribution in [2.45, 2.75) is 6.92 Å². The average molecular weight is 201 g/mol. The highest BCUT2D eigenvalue weighted by atomic mass is 15.2. The van der Waals surface area contributed by atoms with Crippen molar-refractivity contribution in [2.24, 2.45) is 5.84 Å². The molecule has 2 aromatic rings. The Bertz CT molecular complexity index is 469. The normalized spacial score (nSPS) is 10.0. The van der Waals surface area contributed by atoms with Gasteiger partial charge in [0.2, 0.25) is 0 Å². The molecule has 0 radical (unpaired) electrons. The second kappa shape index (κ2) is 4.02. The molecular weight excluding hydrogens is 190 g/mol. The third-order valence-corrected chi connectivity index (χ3v) is 2.01. The maximum absolute atomic E-state index is 5.27. The van der Waals surface area contributed by atoms with E-state index < -0.39 is 0 Å².